The molecule has 0 atom stereocenters. The number of benzene rings is 3. The fourth-order valence-electron chi connectivity index (χ4n) is 4.81. The van der Waals surface area contributed by atoms with E-state index in [0.29, 0.717) is 35.4 Å². The second-order valence-corrected chi connectivity index (χ2v) is 15.0. The first-order chi connectivity index (χ1) is 23.2. The number of thiophene rings is 1. The molecule has 0 fully saturated rings. The molecule has 1 N–H and O–H groups in total. The van der Waals surface area contributed by atoms with Crippen LogP contribution in [0.2, 0.25) is 8.67 Å². The first-order valence-corrected chi connectivity index (χ1v) is 18.5. The first kappa shape index (κ1) is 38.5. The Labute approximate surface area is 304 Å². The largest absolute Gasteiger partial charge is 0.418 e. The number of nitrogens with one attached hydrogen (secondary N) is 1. The van der Waals surface area contributed by atoms with Gasteiger partial charge in [0.05, 0.1) is 37.9 Å². The van der Waals surface area contributed by atoms with Gasteiger partial charge >= 0.3 is 11.9 Å². The van der Waals surface area contributed by atoms with E-state index in [9.17, 15) is 31.2 Å². The van der Waals surface area contributed by atoms with Crippen molar-refractivity contribution >= 4 is 73.7 Å². The maximum absolute atomic E-state index is 13.7. The van der Waals surface area contributed by atoms with Crippen LogP contribution in [0.1, 0.15) is 47.1 Å². The highest BCUT2D eigenvalue weighted by Crippen LogP contribution is 2.34. The molecule has 0 radical (unpaired) electrons. The van der Waals surface area contributed by atoms with Crippen LogP contribution >= 0.6 is 57.7 Å². The van der Waals surface area contributed by atoms with Gasteiger partial charge in [-0.3, -0.25) is 9.36 Å². The number of hydrogen-bond donors (Lipinski definition) is 1. The lowest BCUT2D eigenvalue weighted by Gasteiger charge is -2.12. The maximum Gasteiger partial charge on any atom is 0.418 e. The molecule has 17 heteroatoms. The van der Waals surface area contributed by atoms with E-state index in [2.05, 4.69) is 5.10 Å². The smallest absolute Gasteiger partial charge is 0.274 e. The second-order valence-electron chi connectivity index (χ2n) is 10.3. The third kappa shape index (κ3) is 9.27. The molecule has 0 spiro atoms. The van der Waals surface area contributed by atoms with Gasteiger partial charge in [0.2, 0.25) is 0 Å². The SMILES string of the molecule is CCCCc1nn(-c2ccccc2C(F)(F)F)c(=O)n1Cc1ccc(-c2ccccc2S(=O)(=O)NC(=O)c2cc(Cl)sc2Cl)cc1.ClCCl. The fraction of sp³-hybridized carbons (Fsp3) is 0.219. The minimum absolute atomic E-state index is 0.0201. The highest BCUT2D eigenvalue weighted by molar-refractivity contribution is 7.90. The van der Waals surface area contributed by atoms with E-state index in [1.165, 1.54) is 41.0 Å². The van der Waals surface area contributed by atoms with Crippen molar-refractivity contribution in [2.24, 2.45) is 0 Å². The monoisotopic (exact) mass is 792 g/mol. The number of carbonyl (C=O) groups is 1. The summed E-state index contributed by atoms with van der Waals surface area (Å²) in [6.45, 7) is 1.97. The van der Waals surface area contributed by atoms with Crippen molar-refractivity contribution in [2.75, 3.05) is 5.34 Å². The van der Waals surface area contributed by atoms with Crippen molar-refractivity contribution < 1.29 is 26.4 Å². The first-order valence-electron chi connectivity index (χ1n) is 14.4. The third-order valence-corrected chi connectivity index (χ3v) is 9.92. The Morgan fingerprint density at radius 3 is 2.22 bits per heavy atom. The molecule has 0 saturated carbocycles. The summed E-state index contributed by atoms with van der Waals surface area (Å²) < 4.78 is 72.2. The van der Waals surface area contributed by atoms with Crippen molar-refractivity contribution in [2.45, 2.75) is 43.8 Å². The second kappa shape index (κ2) is 16.6. The highest BCUT2D eigenvalue weighted by atomic mass is 35.5. The van der Waals surface area contributed by atoms with Gasteiger partial charge in [-0.1, -0.05) is 91.1 Å². The summed E-state index contributed by atoms with van der Waals surface area (Å²) in [7, 11) is -4.34. The molecule has 2 aromatic heterocycles. The molecule has 0 unspecified atom stereocenters. The number of nitrogens with zero attached hydrogens (tertiary/aromatic N) is 3. The topological polar surface area (TPSA) is 103 Å². The lowest BCUT2D eigenvalue weighted by molar-refractivity contribution is -0.137. The normalized spacial score (nSPS) is 11.6. The number of para-hydroxylation sites is 1. The quantitative estimate of drug-likeness (QED) is 0.142. The van der Waals surface area contributed by atoms with Crippen LogP contribution in [-0.2, 0) is 29.2 Å². The lowest BCUT2D eigenvalue weighted by Crippen LogP contribution is -2.30. The van der Waals surface area contributed by atoms with Gasteiger partial charge in [-0.25, -0.2) is 17.9 Å². The zero-order valence-electron chi connectivity index (χ0n) is 25.5. The van der Waals surface area contributed by atoms with Gasteiger partial charge in [0, 0.05) is 12.0 Å². The van der Waals surface area contributed by atoms with E-state index in [-0.39, 0.29) is 36.7 Å². The van der Waals surface area contributed by atoms with E-state index in [4.69, 9.17) is 46.4 Å². The van der Waals surface area contributed by atoms with Crippen LogP contribution in [0.3, 0.4) is 0 Å². The minimum Gasteiger partial charge on any atom is -0.274 e. The predicted molar refractivity (Wildman–Crippen MR) is 188 cm³/mol. The van der Waals surface area contributed by atoms with Crippen molar-refractivity contribution in [1.29, 1.82) is 0 Å². The molecular weight excluding hydrogens is 767 g/mol. The number of sulfonamides is 1. The number of carbonyl (C=O) groups excluding carboxylic acids is 1. The van der Waals surface area contributed by atoms with Crippen LogP contribution < -0.4 is 10.4 Å². The number of rotatable bonds is 10. The standard InChI is InChI=1S/C31H25Cl2F3N4O4S2.CH2Cl2/c1-2-3-12-27-37-40(24-10-6-5-9-23(24)31(34,35)36)30(42)39(27)18-19-13-15-20(16-14-19)21-8-4-7-11-25(21)46(43,44)38-29(41)22-17-26(32)45-28(22)33;2-1-3/h4-11,13-17H,2-3,12,18H2,1H3,(H,38,41);1H2. The zero-order valence-corrected chi connectivity index (χ0v) is 30.1. The number of aromatic nitrogens is 3. The molecule has 1 amide bonds. The van der Waals surface area contributed by atoms with Crippen LogP contribution in [0.15, 0.2) is 88.6 Å². The summed E-state index contributed by atoms with van der Waals surface area (Å²) in [5.41, 5.74) is -0.679. The molecule has 0 aliphatic heterocycles. The summed E-state index contributed by atoms with van der Waals surface area (Å²) in [6.07, 6.45) is -2.85. The van der Waals surface area contributed by atoms with Gasteiger partial charge < -0.3 is 0 Å². The molecule has 5 rings (SSSR count). The third-order valence-electron chi connectivity index (χ3n) is 7.04. The molecule has 8 nitrogen and oxygen atoms in total. The van der Waals surface area contributed by atoms with E-state index in [1.54, 1.807) is 36.4 Å². The Bertz CT molecular complexity index is 2100. The summed E-state index contributed by atoms with van der Waals surface area (Å²) in [6, 6.07) is 18.8. The molecular formula is C32H27Cl4F3N4O4S2. The van der Waals surface area contributed by atoms with Gasteiger partial charge in [0.25, 0.3) is 15.9 Å². The lowest BCUT2D eigenvalue weighted by atomic mass is 10.0. The Morgan fingerprint density at radius 1 is 0.980 bits per heavy atom. The van der Waals surface area contributed by atoms with Gasteiger partial charge in [0.15, 0.2) is 0 Å². The molecule has 0 saturated heterocycles. The van der Waals surface area contributed by atoms with Crippen molar-refractivity contribution in [3.05, 3.63) is 121 Å². The minimum atomic E-state index is -4.68. The number of alkyl halides is 5. The van der Waals surface area contributed by atoms with E-state index < -0.39 is 33.4 Å². The van der Waals surface area contributed by atoms with Crippen molar-refractivity contribution in [3.63, 3.8) is 0 Å². The zero-order chi connectivity index (χ0) is 35.9. The number of amides is 1. The van der Waals surface area contributed by atoms with Crippen molar-refractivity contribution in [3.8, 4) is 16.8 Å². The van der Waals surface area contributed by atoms with E-state index in [1.807, 2.05) is 11.6 Å². The summed E-state index contributed by atoms with van der Waals surface area (Å²) in [5, 5.41) is 4.49. The van der Waals surface area contributed by atoms with Crippen LogP contribution in [0.5, 0.6) is 0 Å². The average Bonchev–Trinajstić information content (AvgIpc) is 3.56. The molecule has 5 aromatic rings. The average molecular weight is 795 g/mol. The Balaban J connectivity index is 0.00000174. The van der Waals surface area contributed by atoms with Gasteiger partial charge in [0.1, 0.15) is 10.2 Å². The number of hydrogen-bond acceptors (Lipinski definition) is 6. The number of halogens is 7. The summed E-state index contributed by atoms with van der Waals surface area (Å²) >= 11 is 22.4. The Kier molecular flexibility index (Phi) is 13.0. The summed E-state index contributed by atoms with van der Waals surface area (Å²) in [5.74, 6) is -0.590. The van der Waals surface area contributed by atoms with Crippen LogP contribution in [0, 0.1) is 0 Å². The van der Waals surface area contributed by atoms with Crippen LogP contribution in [0.25, 0.3) is 16.8 Å². The highest BCUT2D eigenvalue weighted by Gasteiger charge is 2.35. The van der Waals surface area contributed by atoms with Crippen LogP contribution in [0.4, 0.5) is 13.2 Å². The Hall–Kier alpha value is -3.33. The van der Waals surface area contributed by atoms with E-state index in [0.717, 1.165) is 28.5 Å². The Morgan fingerprint density at radius 2 is 1.61 bits per heavy atom. The molecule has 0 bridgehead atoms. The number of aryl methyl sites for hydroxylation is 1. The van der Waals surface area contributed by atoms with Gasteiger partial charge in [-0.15, -0.1) is 39.6 Å². The maximum atomic E-state index is 13.7. The predicted octanol–water partition coefficient (Wildman–Crippen LogP) is 9.02. The molecule has 260 valence electrons. The van der Waals surface area contributed by atoms with Gasteiger partial charge in [-0.05, 0) is 41.8 Å². The van der Waals surface area contributed by atoms with Crippen molar-refractivity contribution in [1.82, 2.24) is 19.1 Å². The molecule has 2 heterocycles. The van der Waals surface area contributed by atoms with Gasteiger partial charge in [-0.2, -0.15) is 17.9 Å². The van der Waals surface area contributed by atoms with Crippen LogP contribution in [-0.4, -0.2) is 34.0 Å². The molecule has 3 aromatic carbocycles. The molecule has 0 aliphatic rings. The molecule has 0 aliphatic carbocycles. The fourth-order valence-corrected chi connectivity index (χ4v) is 7.46. The number of unbranched alkanes of at least 4 members (excludes halogenated alkanes) is 1. The van der Waals surface area contributed by atoms with E-state index >= 15 is 0 Å². The molecule has 49 heavy (non-hydrogen) atoms. The summed E-state index contributed by atoms with van der Waals surface area (Å²) in [4.78, 5) is 26.0.